The summed E-state index contributed by atoms with van der Waals surface area (Å²) in [6, 6.07) is 7.11. The molecular formula is C17H25NO4. The van der Waals surface area contributed by atoms with Crippen LogP contribution in [0.3, 0.4) is 0 Å². The highest BCUT2D eigenvalue weighted by Crippen LogP contribution is 2.24. The molecule has 1 amide bonds. The Hall–Kier alpha value is -2.04. The molecule has 1 aromatic rings. The summed E-state index contributed by atoms with van der Waals surface area (Å²) < 4.78 is 5.12. The maximum absolute atomic E-state index is 12.7. The first-order valence-electron chi connectivity index (χ1n) is 7.62. The van der Waals surface area contributed by atoms with E-state index in [1.165, 1.54) is 0 Å². The van der Waals surface area contributed by atoms with Gasteiger partial charge in [-0.2, -0.15) is 0 Å². The van der Waals surface area contributed by atoms with Gasteiger partial charge >= 0.3 is 5.97 Å². The van der Waals surface area contributed by atoms with Crippen molar-refractivity contribution in [2.75, 3.05) is 18.6 Å². The van der Waals surface area contributed by atoms with Gasteiger partial charge in [0.25, 0.3) is 0 Å². The molecule has 122 valence electrons. The second-order valence-corrected chi connectivity index (χ2v) is 5.40. The molecule has 0 aliphatic rings. The monoisotopic (exact) mass is 307 g/mol. The van der Waals surface area contributed by atoms with Crippen LogP contribution in [-0.2, 0) is 9.59 Å². The Morgan fingerprint density at radius 1 is 1.18 bits per heavy atom. The first-order valence-corrected chi connectivity index (χ1v) is 7.62. The Balaban J connectivity index is 3.08. The van der Waals surface area contributed by atoms with Gasteiger partial charge < -0.3 is 14.7 Å². The lowest BCUT2D eigenvalue weighted by molar-refractivity contribution is -0.140. The topological polar surface area (TPSA) is 66.8 Å². The Kier molecular flexibility index (Phi) is 6.89. The Labute approximate surface area is 131 Å². The van der Waals surface area contributed by atoms with E-state index in [2.05, 4.69) is 0 Å². The van der Waals surface area contributed by atoms with Gasteiger partial charge in [-0.1, -0.05) is 20.8 Å². The van der Waals surface area contributed by atoms with Crippen LogP contribution in [0.15, 0.2) is 24.3 Å². The van der Waals surface area contributed by atoms with Crippen molar-refractivity contribution in [3.05, 3.63) is 24.3 Å². The van der Waals surface area contributed by atoms with Crippen LogP contribution in [0.25, 0.3) is 0 Å². The minimum Gasteiger partial charge on any atom is -0.497 e. The van der Waals surface area contributed by atoms with Crippen LogP contribution in [0.2, 0.25) is 0 Å². The molecule has 1 N–H and O–H groups in total. The van der Waals surface area contributed by atoms with E-state index >= 15 is 0 Å². The zero-order chi connectivity index (χ0) is 16.7. The van der Waals surface area contributed by atoms with Gasteiger partial charge in [0.15, 0.2) is 0 Å². The third kappa shape index (κ3) is 4.48. The van der Waals surface area contributed by atoms with Crippen molar-refractivity contribution < 1.29 is 19.4 Å². The van der Waals surface area contributed by atoms with Crippen LogP contribution in [0.4, 0.5) is 5.69 Å². The molecule has 0 fully saturated rings. The highest BCUT2D eigenvalue weighted by Gasteiger charge is 2.26. The molecule has 0 heterocycles. The number of aliphatic carboxylic acids is 1. The van der Waals surface area contributed by atoms with Crippen molar-refractivity contribution in [3.63, 3.8) is 0 Å². The third-order valence-electron chi connectivity index (χ3n) is 3.86. The van der Waals surface area contributed by atoms with Gasteiger partial charge in [0.05, 0.1) is 13.0 Å². The molecule has 5 nitrogen and oxygen atoms in total. The minimum absolute atomic E-state index is 0.0248. The molecule has 1 unspecified atom stereocenters. The summed E-state index contributed by atoms with van der Waals surface area (Å²) in [6.07, 6.45) is 1.48. The summed E-state index contributed by atoms with van der Waals surface area (Å²) in [6.45, 7) is 5.72. The lowest BCUT2D eigenvalue weighted by Crippen LogP contribution is -2.40. The number of rotatable bonds is 8. The molecule has 1 atom stereocenters. The summed E-state index contributed by atoms with van der Waals surface area (Å²) >= 11 is 0. The molecule has 0 bridgehead atoms. The van der Waals surface area contributed by atoms with Crippen LogP contribution in [0.1, 0.15) is 33.6 Å². The van der Waals surface area contributed by atoms with Gasteiger partial charge in [-0.3, -0.25) is 9.59 Å². The number of amides is 1. The maximum Gasteiger partial charge on any atom is 0.308 e. The number of methoxy groups -OCH3 is 1. The summed E-state index contributed by atoms with van der Waals surface area (Å²) in [4.78, 5) is 25.4. The SMILES string of the molecule is CCC(CC)C(=O)N(CC(C)C(=O)O)c1ccc(OC)cc1. The summed E-state index contributed by atoms with van der Waals surface area (Å²) in [5.74, 6) is -0.951. The molecule has 0 aliphatic heterocycles. The number of hydrogen-bond acceptors (Lipinski definition) is 3. The van der Waals surface area contributed by atoms with Crippen LogP contribution in [0.5, 0.6) is 5.75 Å². The number of carboxylic acid groups (broad SMARTS) is 1. The standard InChI is InChI=1S/C17H25NO4/c1-5-13(6-2)16(19)18(11-12(3)17(20)21)14-7-9-15(22-4)10-8-14/h7-10,12-13H,5-6,11H2,1-4H3,(H,20,21). The average molecular weight is 307 g/mol. The smallest absolute Gasteiger partial charge is 0.308 e. The van der Waals surface area contributed by atoms with Crippen LogP contribution in [-0.4, -0.2) is 30.6 Å². The number of anilines is 1. The van der Waals surface area contributed by atoms with E-state index in [0.717, 1.165) is 12.8 Å². The molecule has 0 aromatic heterocycles. The van der Waals surface area contributed by atoms with Gasteiger partial charge in [-0.05, 0) is 37.1 Å². The molecule has 0 saturated heterocycles. The highest BCUT2D eigenvalue weighted by atomic mass is 16.5. The molecule has 0 spiro atoms. The van der Waals surface area contributed by atoms with Crippen molar-refractivity contribution >= 4 is 17.6 Å². The second kappa shape index (κ2) is 8.41. The van der Waals surface area contributed by atoms with Gasteiger partial charge in [-0.25, -0.2) is 0 Å². The van der Waals surface area contributed by atoms with Crippen molar-refractivity contribution in [1.29, 1.82) is 0 Å². The van der Waals surface area contributed by atoms with Gasteiger partial charge in [-0.15, -0.1) is 0 Å². The van der Waals surface area contributed by atoms with E-state index in [9.17, 15) is 9.59 Å². The quantitative estimate of drug-likeness (QED) is 0.801. The number of ether oxygens (including phenoxy) is 1. The number of carbonyl (C=O) groups is 2. The maximum atomic E-state index is 12.7. The predicted octanol–water partition coefficient (Wildman–Crippen LogP) is 3.19. The van der Waals surface area contributed by atoms with E-state index in [4.69, 9.17) is 9.84 Å². The van der Waals surface area contributed by atoms with Crippen molar-refractivity contribution in [1.82, 2.24) is 0 Å². The Morgan fingerprint density at radius 2 is 1.73 bits per heavy atom. The average Bonchev–Trinajstić information content (AvgIpc) is 2.53. The van der Waals surface area contributed by atoms with Crippen molar-refractivity contribution in [3.8, 4) is 5.75 Å². The van der Waals surface area contributed by atoms with Crippen LogP contribution < -0.4 is 9.64 Å². The number of benzene rings is 1. The van der Waals surface area contributed by atoms with E-state index in [1.54, 1.807) is 43.2 Å². The Bertz CT molecular complexity index is 494. The van der Waals surface area contributed by atoms with Gasteiger partial charge in [0.1, 0.15) is 5.75 Å². The molecule has 1 rings (SSSR count). The Morgan fingerprint density at radius 3 is 2.14 bits per heavy atom. The first-order chi connectivity index (χ1) is 10.4. The first kappa shape index (κ1) is 18.0. The molecule has 0 saturated carbocycles. The molecule has 0 aliphatic carbocycles. The zero-order valence-electron chi connectivity index (χ0n) is 13.7. The van der Waals surface area contributed by atoms with Crippen LogP contribution in [0, 0.1) is 11.8 Å². The molecule has 22 heavy (non-hydrogen) atoms. The molecular weight excluding hydrogens is 282 g/mol. The van der Waals surface area contributed by atoms with E-state index in [0.29, 0.717) is 11.4 Å². The normalized spacial score (nSPS) is 12.0. The van der Waals surface area contributed by atoms with E-state index in [1.807, 2.05) is 13.8 Å². The van der Waals surface area contributed by atoms with Gasteiger partial charge in [0.2, 0.25) is 5.91 Å². The fourth-order valence-electron chi connectivity index (χ4n) is 2.30. The summed E-state index contributed by atoms with van der Waals surface area (Å²) in [5, 5.41) is 9.14. The second-order valence-electron chi connectivity index (χ2n) is 5.40. The number of carbonyl (C=O) groups excluding carboxylic acids is 1. The molecule has 1 aromatic carbocycles. The fraction of sp³-hybridized carbons (Fsp3) is 0.529. The number of hydrogen-bond donors (Lipinski definition) is 1. The highest BCUT2D eigenvalue weighted by molar-refractivity contribution is 5.95. The number of carboxylic acids is 1. The zero-order valence-corrected chi connectivity index (χ0v) is 13.7. The van der Waals surface area contributed by atoms with E-state index < -0.39 is 11.9 Å². The lowest BCUT2D eigenvalue weighted by atomic mass is 10.0. The lowest BCUT2D eigenvalue weighted by Gasteiger charge is -2.28. The van der Waals surface area contributed by atoms with Crippen LogP contribution >= 0.6 is 0 Å². The predicted molar refractivity (Wildman–Crippen MR) is 86.2 cm³/mol. The minimum atomic E-state index is -0.907. The fourth-order valence-corrected chi connectivity index (χ4v) is 2.30. The van der Waals surface area contributed by atoms with Gasteiger partial charge in [0, 0.05) is 18.2 Å². The largest absolute Gasteiger partial charge is 0.497 e. The summed E-state index contributed by atoms with van der Waals surface area (Å²) in [7, 11) is 1.58. The van der Waals surface area contributed by atoms with Crippen molar-refractivity contribution in [2.45, 2.75) is 33.6 Å². The van der Waals surface area contributed by atoms with E-state index in [-0.39, 0.29) is 18.4 Å². The summed E-state index contributed by atoms with van der Waals surface area (Å²) in [5.41, 5.74) is 0.700. The molecule has 0 radical (unpaired) electrons. The molecule has 5 heteroatoms. The third-order valence-corrected chi connectivity index (χ3v) is 3.86. The number of nitrogens with zero attached hydrogens (tertiary/aromatic N) is 1. The van der Waals surface area contributed by atoms with Crippen molar-refractivity contribution in [2.24, 2.45) is 11.8 Å².